The van der Waals surface area contributed by atoms with Gasteiger partial charge in [-0.25, -0.2) is 4.79 Å². The maximum Gasteiger partial charge on any atom is 0.323 e. The Balaban J connectivity index is 2.70. The fourth-order valence-corrected chi connectivity index (χ4v) is 2.72. The van der Waals surface area contributed by atoms with Crippen LogP contribution in [0.15, 0.2) is 0 Å². The summed E-state index contributed by atoms with van der Waals surface area (Å²) in [6.45, 7) is 7.38. The minimum Gasteiger partial charge on any atom is -0.480 e. The van der Waals surface area contributed by atoms with Crippen LogP contribution < -0.4 is 0 Å². The molecule has 0 aromatic carbocycles. The average Bonchev–Trinajstić information content (AvgIpc) is 2.68. The highest BCUT2D eigenvalue weighted by molar-refractivity contribution is 5.80. The van der Waals surface area contributed by atoms with Crippen LogP contribution in [-0.2, 0) is 4.79 Å². The highest BCUT2D eigenvalue weighted by atomic mass is 16.4. The predicted molar refractivity (Wildman–Crippen MR) is 78.7 cm³/mol. The number of likely N-dealkylation sites (tertiary alicyclic amines) is 1. The van der Waals surface area contributed by atoms with E-state index in [0.717, 1.165) is 38.8 Å². The maximum absolute atomic E-state index is 12.6. The van der Waals surface area contributed by atoms with Gasteiger partial charge >= 0.3 is 12.0 Å². The Morgan fingerprint density at radius 3 is 2.55 bits per heavy atom. The Kier molecular flexibility index (Phi) is 6.82. The first kappa shape index (κ1) is 16.8. The van der Waals surface area contributed by atoms with Crippen molar-refractivity contribution in [2.24, 2.45) is 5.92 Å². The molecule has 2 amide bonds. The van der Waals surface area contributed by atoms with Crippen molar-refractivity contribution in [3.05, 3.63) is 0 Å². The number of amides is 2. The van der Waals surface area contributed by atoms with Crippen molar-refractivity contribution >= 4 is 12.0 Å². The first-order chi connectivity index (χ1) is 9.49. The lowest BCUT2D eigenvalue weighted by Crippen LogP contribution is -2.49. The molecular weight excluding hydrogens is 256 g/mol. The molecule has 1 aliphatic heterocycles. The molecule has 1 N–H and O–H groups in total. The molecule has 0 spiro atoms. The summed E-state index contributed by atoms with van der Waals surface area (Å²) in [5, 5.41) is 9.00. The highest BCUT2D eigenvalue weighted by Gasteiger charge is 2.27. The summed E-state index contributed by atoms with van der Waals surface area (Å²) in [7, 11) is 0. The van der Waals surface area contributed by atoms with E-state index in [1.165, 1.54) is 11.3 Å². The third-order valence-electron chi connectivity index (χ3n) is 4.37. The van der Waals surface area contributed by atoms with Gasteiger partial charge in [-0.05, 0) is 38.5 Å². The quantitative estimate of drug-likeness (QED) is 0.844. The van der Waals surface area contributed by atoms with Crippen LogP contribution in [0.3, 0.4) is 0 Å². The van der Waals surface area contributed by atoms with E-state index in [-0.39, 0.29) is 18.6 Å². The minimum absolute atomic E-state index is 0.0381. The van der Waals surface area contributed by atoms with Gasteiger partial charge in [-0.2, -0.15) is 0 Å². The summed E-state index contributed by atoms with van der Waals surface area (Å²) in [4.78, 5) is 26.9. The summed E-state index contributed by atoms with van der Waals surface area (Å²) in [5.74, 6) is -0.246. The summed E-state index contributed by atoms with van der Waals surface area (Å²) in [6, 6.07) is -0.151. The molecule has 0 saturated carbocycles. The lowest BCUT2D eigenvalue weighted by atomic mass is 9.98. The van der Waals surface area contributed by atoms with E-state index in [0.29, 0.717) is 5.92 Å². The molecule has 1 saturated heterocycles. The molecule has 1 heterocycles. The van der Waals surface area contributed by atoms with Crippen LogP contribution in [0.1, 0.15) is 52.9 Å². The van der Waals surface area contributed by atoms with Crippen LogP contribution in [0.25, 0.3) is 0 Å². The first-order valence-corrected chi connectivity index (χ1v) is 7.76. The summed E-state index contributed by atoms with van der Waals surface area (Å²) < 4.78 is 0. The first-order valence-electron chi connectivity index (χ1n) is 7.76. The maximum atomic E-state index is 12.6. The van der Waals surface area contributed by atoms with Crippen LogP contribution >= 0.6 is 0 Å². The Bertz CT molecular complexity index is 333. The Morgan fingerprint density at radius 1 is 1.30 bits per heavy atom. The summed E-state index contributed by atoms with van der Waals surface area (Å²) >= 11 is 0. The second-order valence-electron chi connectivity index (χ2n) is 5.75. The molecule has 20 heavy (non-hydrogen) atoms. The molecule has 2 unspecified atom stereocenters. The standard InChI is InChI=1S/C15H28N2O3/c1-4-12(3)17(11-14(18)19)15(20)16-9-6-7-13(5-2)8-10-16/h12-13H,4-11H2,1-3H3,(H,18,19). The lowest BCUT2D eigenvalue weighted by molar-refractivity contribution is -0.138. The molecule has 2 atom stereocenters. The largest absolute Gasteiger partial charge is 0.480 e. The van der Waals surface area contributed by atoms with Gasteiger partial charge in [0.2, 0.25) is 0 Å². The smallest absolute Gasteiger partial charge is 0.323 e. The average molecular weight is 284 g/mol. The normalized spacial score (nSPS) is 21.1. The number of carbonyl (C=O) groups is 2. The number of aliphatic carboxylic acids is 1. The SMILES string of the molecule is CCC1CCCN(C(=O)N(CC(=O)O)C(C)CC)CC1. The van der Waals surface area contributed by atoms with Crippen LogP contribution in [0.5, 0.6) is 0 Å². The third kappa shape index (κ3) is 4.69. The zero-order valence-corrected chi connectivity index (χ0v) is 13.0. The van der Waals surface area contributed by atoms with Gasteiger partial charge in [0.05, 0.1) is 0 Å². The minimum atomic E-state index is -0.945. The van der Waals surface area contributed by atoms with Gasteiger partial charge in [0, 0.05) is 19.1 Å². The molecule has 0 bridgehead atoms. The molecule has 0 radical (unpaired) electrons. The Labute approximate surface area is 121 Å². The monoisotopic (exact) mass is 284 g/mol. The fourth-order valence-electron chi connectivity index (χ4n) is 2.72. The van der Waals surface area contributed by atoms with Gasteiger partial charge in [0.25, 0.3) is 0 Å². The van der Waals surface area contributed by atoms with E-state index in [1.54, 1.807) is 0 Å². The van der Waals surface area contributed by atoms with Crippen molar-refractivity contribution in [1.29, 1.82) is 0 Å². The van der Waals surface area contributed by atoms with Crippen LogP contribution in [-0.4, -0.2) is 52.6 Å². The Hall–Kier alpha value is -1.26. The van der Waals surface area contributed by atoms with Crippen LogP contribution in [0.4, 0.5) is 4.79 Å². The van der Waals surface area contributed by atoms with Gasteiger partial charge in [-0.15, -0.1) is 0 Å². The summed E-state index contributed by atoms with van der Waals surface area (Å²) in [6.07, 6.45) is 5.15. The molecule has 1 fully saturated rings. The molecule has 1 aliphatic rings. The number of carbonyl (C=O) groups excluding carboxylic acids is 1. The third-order valence-corrected chi connectivity index (χ3v) is 4.37. The van der Waals surface area contributed by atoms with Gasteiger partial charge in [0.1, 0.15) is 6.54 Å². The van der Waals surface area contributed by atoms with E-state index in [1.807, 2.05) is 18.7 Å². The Morgan fingerprint density at radius 2 is 2.00 bits per heavy atom. The van der Waals surface area contributed by atoms with Crippen LogP contribution in [0, 0.1) is 5.92 Å². The van der Waals surface area contributed by atoms with E-state index in [4.69, 9.17) is 5.11 Å². The molecular formula is C15H28N2O3. The highest BCUT2D eigenvalue weighted by Crippen LogP contribution is 2.21. The molecule has 5 nitrogen and oxygen atoms in total. The second kappa shape index (κ2) is 8.12. The van der Waals surface area contributed by atoms with Crippen molar-refractivity contribution in [3.8, 4) is 0 Å². The van der Waals surface area contributed by atoms with Crippen molar-refractivity contribution in [2.75, 3.05) is 19.6 Å². The van der Waals surface area contributed by atoms with Crippen molar-refractivity contribution in [1.82, 2.24) is 9.80 Å². The van der Waals surface area contributed by atoms with Crippen molar-refractivity contribution in [2.45, 2.75) is 58.9 Å². The summed E-state index contributed by atoms with van der Waals surface area (Å²) in [5.41, 5.74) is 0. The number of carboxylic acids is 1. The van der Waals surface area contributed by atoms with E-state index in [9.17, 15) is 9.59 Å². The second-order valence-corrected chi connectivity index (χ2v) is 5.75. The van der Waals surface area contributed by atoms with Crippen molar-refractivity contribution in [3.63, 3.8) is 0 Å². The molecule has 5 heteroatoms. The topological polar surface area (TPSA) is 60.9 Å². The van der Waals surface area contributed by atoms with Gasteiger partial charge in [-0.3, -0.25) is 4.79 Å². The molecule has 0 aromatic rings. The molecule has 116 valence electrons. The lowest BCUT2D eigenvalue weighted by Gasteiger charge is -2.32. The fraction of sp³-hybridized carbons (Fsp3) is 0.867. The zero-order chi connectivity index (χ0) is 15.1. The van der Waals surface area contributed by atoms with E-state index < -0.39 is 5.97 Å². The molecule has 0 aliphatic carbocycles. The van der Waals surface area contributed by atoms with Gasteiger partial charge in [-0.1, -0.05) is 20.3 Å². The number of carboxylic acid groups (broad SMARTS) is 1. The number of rotatable bonds is 5. The predicted octanol–water partition coefficient (Wildman–Crippen LogP) is 2.80. The number of nitrogens with zero attached hydrogens (tertiary/aromatic N) is 2. The van der Waals surface area contributed by atoms with Crippen LogP contribution in [0.2, 0.25) is 0 Å². The van der Waals surface area contributed by atoms with E-state index >= 15 is 0 Å². The molecule has 1 rings (SSSR count). The number of hydrogen-bond donors (Lipinski definition) is 1. The van der Waals surface area contributed by atoms with Crippen molar-refractivity contribution < 1.29 is 14.7 Å². The van der Waals surface area contributed by atoms with Gasteiger partial charge in [0.15, 0.2) is 0 Å². The zero-order valence-electron chi connectivity index (χ0n) is 13.0. The van der Waals surface area contributed by atoms with E-state index in [2.05, 4.69) is 6.92 Å². The number of hydrogen-bond acceptors (Lipinski definition) is 2. The number of urea groups is 1. The van der Waals surface area contributed by atoms with Gasteiger partial charge < -0.3 is 14.9 Å². The molecule has 0 aromatic heterocycles.